The van der Waals surface area contributed by atoms with E-state index in [0.717, 1.165) is 21.1 Å². The molecule has 0 N–H and O–H groups in total. The van der Waals surface area contributed by atoms with Gasteiger partial charge >= 0.3 is 0 Å². The number of rotatable bonds is 3. The molecule has 29 heavy (non-hydrogen) atoms. The van der Waals surface area contributed by atoms with Crippen LogP contribution in [0.25, 0.3) is 39.3 Å². The van der Waals surface area contributed by atoms with E-state index in [-0.39, 0.29) is 5.56 Å². The Morgan fingerprint density at radius 3 is 2.28 bits per heavy atom. The molecular formula is C23H14BrN3O2. The molecule has 0 saturated carbocycles. The van der Waals surface area contributed by atoms with Crippen molar-refractivity contribution in [1.82, 2.24) is 14.7 Å². The van der Waals surface area contributed by atoms with Crippen LogP contribution < -0.4 is 5.56 Å². The molecule has 5 nitrogen and oxygen atoms in total. The van der Waals surface area contributed by atoms with Crippen molar-refractivity contribution in [2.75, 3.05) is 0 Å². The third kappa shape index (κ3) is 3.07. The highest BCUT2D eigenvalue weighted by Crippen LogP contribution is 2.30. The minimum atomic E-state index is -0.0962. The van der Waals surface area contributed by atoms with E-state index >= 15 is 0 Å². The minimum Gasteiger partial charge on any atom is -0.334 e. The van der Waals surface area contributed by atoms with E-state index in [4.69, 9.17) is 4.52 Å². The van der Waals surface area contributed by atoms with E-state index in [9.17, 15) is 4.79 Å². The molecule has 140 valence electrons. The first-order valence-electron chi connectivity index (χ1n) is 9.01. The third-order valence-electron chi connectivity index (χ3n) is 4.73. The molecule has 0 spiro atoms. The molecule has 0 bridgehead atoms. The van der Waals surface area contributed by atoms with Crippen molar-refractivity contribution < 1.29 is 4.52 Å². The molecule has 0 aliphatic carbocycles. The molecule has 0 unspecified atom stereocenters. The quantitative estimate of drug-likeness (QED) is 0.370. The van der Waals surface area contributed by atoms with Crippen LogP contribution in [0.4, 0.5) is 0 Å². The van der Waals surface area contributed by atoms with Crippen LogP contribution in [-0.4, -0.2) is 14.7 Å². The number of nitrogens with zero attached hydrogens (tertiary/aromatic N) is 3. The highest BCUT2D eigenvalue weighted by molar-refractivity contribution is 9.10. The molecule has 0 amide bonds. The van der Waals surface area contributed by atoms with Crippen molar-refractivity contribution in [2.24, 2.45) is 0 Å². The molecule has 0 aliphatic rings. The van der Waals surface area contributed by atoms with E-state index in [1.165, 1.54) is 0 Å². The van der Waals surface area contributed by atoms with Gasteiger partial charge in [0.15, 0.2) is 0 Å². The maximum atomic E-state index is 13.1. The SMILES string of the molecule is O=c1c2ccccc2c(-c2nc(-c3ccccc3Br)no2)cn1-c1ccccc1. The Morgan fingerprint density at radius 1 is 0.793 bits per heavy atom. The standard InChI is InChI=1S/C23H14BrN3O2/c24-20-13-7-6-12-18(20)21-25-22(29-26-21)19-14-27(15-8-2-1-3-9-15)23(28)17-11-5-4-10-16(17)19/h1-14H. The van der Waals surface area contributed by atoms with Gasteiger partial charge in [-0.05, 0) is 30.3 Å². The van der Waals surface area contributed by atoms with Crippen molar-refractivity contribution in [2.45, 2.75) is 0 Å². The van der Waals surface area contributed by atoms with Gasteiger partial charge in [-0.25, -0.2) is 0 Å². The number of aromatic nitrogens is 3. The molecule has 0 saturated heterocycles. The van der Waals surface area contributed by atoms with E-state index in [1.807, 2.05) is 78.9 Å². The van der Waals surface area contributed by atoms with Gasteiger partial charge in [-0.2, -0.15) is 4.98 Å². The zero-order valence-electron chi connectivity index (χ0n) is 15.1. The second kappa shape index (κ2) is 7.14. The predicted molar refractivity (Wildman–Crippen MR) is 116 cm³/mol. The minimum absolute atomic E-state index is 0.0962. The molecule has 2 heterocycles. The molecular weight excluding hydrogens is 430 g/mol. The molecule has 3 aromatic carbocycles. The summed E-state index contributed by atoms with van der Waals surface area (Å²) in [6.45, 7) is 0. The van der Waals surface area contributed by atoms with E-state index < -0.39 is 0 Å². The monoisotopic (exact) mass is 443 g/mol. The molecule has 0 fully saturated rings. The number of hydrogen-bond donors (Lipinski definition) is 0. The summed E-state index contributed by atoms with van der Waals surface area (Å²) in [5.41, 5.74) is 2.22. The van der Waals surface area contributed by atoms with Crippen LogP contribution in [0.1, 0.15) is 0 Å². The Morgan fingerprint density at radius 2 is 1.48 bits per heavy atom. The normalized spacial score (nSPS) is 11.1. The fourth-order valence-electron chi connectivity index (χ4n) is 3.33. The zero-order chi connectivity index (χ0) is 19.8. The number of benzene rings is 3. The predicted octanol–water partition coefficient (Wildman–Crippen LogP) is 5.47. The summed E-state index contributed by atoms with van der Waals surface area (Å²) in [6, 6.07) is 24.6. The summed E-state index contributed by atoms with van der Waals surface area (Å²) >= 11 is 3.52. The van der Waals surface area contributed by atoms with Gasteiger partial charge in [-0.3, -0.25) is 9.36 Å². The maximum Gasteiger partial charge on any atom is 0.262 e. The van der Waals surface area contributed by atoms with Crippen molar-refractivity contribution in [3.05, 3.63) is 99.9 Å². The second-order valence-corrected chi connectivity index (χ2v) is 7.36. The average molecular weight is 444 g/mol. The Labute approximate surface area is 174 Å². The lowest BCUT2D eigenvalue weighted by molar-refractivity contribution is 0.432. The topological polar surface area (TPSA) is 60.9 Å². The van der Waals surface area contributed by atoms with Crippen LogP contribution in [0.5, 0.6) is 0 Å². The Kier molecular flexibility index (Phi) is 4.33. The average Bonchev–Trinajstić information content (AvgIpc) is 3.25. The second-order valence-electron chi connectivity index (χ2n) is 6.50. The van der Waals surface area contributed by atoms with Crippen LogP contribution in [-0.2, 0) is 0 Å². The van der Waals surface area contributed by atoms with Crippen molar-refractivity contribution in [3.63, 3.8) is 0 Å². The summed E-state index contributed by atoms with van der Waals surface area (Å²) < 4.78 is 8.09. The number of pyridine rings is 1. The summed E-state index contributed by atoms with van der Waals surface area (Å²) in [5, 5.41) is 5.51. The van der Waals surface area contributed by atoms with Gasteiger partial charge in [0.05, 0.1) is 5.56 Å². The smallest absolute Gasteiger partial charge is 0.262 e. The largest absolute Gasteiger partial charge is 0.334 e. The lowest BCUT2D eigenvalue weighted by Crippen LogP contribution is -2.18. The molecule has 2 aromatic heterocycles. The molecule has 0 atom stereocenters. The van der Waals surface area contributed by atoms with Gasteiger partial charge in [0.25, 0.3) is 11.4 Å². The van der Waals surface area contributed by atoms with Crippen molar-refractivity contribution >= 4 is 26.7 Å². The lowest BCUT2D eigenvalue weighted by atomic mass is 10.1. The van der Waals surface area contributed by atoms with Gasteiger partial charge in [-0.15, -0.1) is 0 Å². The zero-order valence-corrected chi connectivity index (χ0v) is 16.7. The number of hydrogen-bond acceptors (Lipinski definition) is 4. The van der Waals surface area contributed by atoms with Crippen LogP contribution in [0, 0.1) is 0 Å². The van der Waals surface area contributed by atoms with Gasteiger partial charge in [0.1, 0.15) is 0 Å². The Hall–Kier alpha value is -3.51. The first kappa shape index (κ1) is 17.6. The number of halogens is 1. The molecule has 0 radical (unpaired) electrons. The maximum absolute atomic E-state index is 13.1. The van der Waals surface area contributed by atoms with Crippen LogP contribution in [0.3, 0.4) is 0 Å². The van der Waals surface area contributed by atoms with Crippen LogP contribution >= 0.6 is 15.9 Å². The Balaban J connectivity index is 1.75. The van der Waals surface area contributed by atoms with Crippen LogP contribution in [0.15, 0.2) is 98.8 Å². The number of para-hydroxylation sites is 1. The van der Waals surface area contributed by atoms with E-state index in [2.05, 4.69) is 26.1 Å². The first-order chi connectivity index (χ1) is 14.2. The molecule has 5 rings (SSSR count). The lowest BCUT2D eigenvalue weighted by Gasteiger charge is -2.10. The fraction of sp³-hybridized carbons (Fsp3) is 0. The highest BCUT2D eigenvalue weighted by Gasteiger charge is 2.18. The summed E-state index contributed by atoms with van der Waals surface area (Å²) in [5.74, 6) is 0.839. The van der Waals surface area contributed by atoms with Gasteiger partial charge in [0, 0.05) is 32.7 Å². The van der Waals surface area contributed by atoms with Crippen molar-refractivity contribution in [3.8, 4) is 28.5 Å². The van der Waals surface area contributed by atoms with Gasteiger partial charge in [-0.1, -0.05) is 69.6 Å². The number of fused-ring (bicyclic) bond motifs is 1. The summed E-state index contributed by atoms with van der Waals surface area (Å²) in [4.78, 5) is 17.7. The molecule has 0 aliphatic heterocycles. The highest BCUT2D eigenvalue weighted by atomic mass is 79.9. The third-order valence-corrected chi connectivity index (χ3v) is 5.42. The summed E-state index contributed by atoms with van der Waals surface area (Å²) in [6.07, 6.45) is 1.76. The Bertz CT molecular complexity index is 1390. The molecule has 5 aromatic rings. The fourth-order valence-corrected chi connectivity index (χ4v) is 3.79. The van der Waals surface area contributed by atoms with Crippen molar-refractivity contribution in [1.29, 1.82) is 0 Å². The van der Waals surface area contributed by atoms with E-state index in [1.54, 1.807) is 10.8 Å². The van der Waals surface area contributed by atoms with Crippen LogP contribution in [0.2, 0.25) is 0 Å². The van der Waals surface area contributed by atoms with Gasteiger partial charge in [0.2, 0.25) is 5.82 Å². The summed E-state index contributed by atoms with van der Waals surface area (Å²) in [7, 11) is 0. The van der Waals surface area contributed by atoms with E-state index in [0.29, 0.717) is 22.7 Å². The van der Waals surface area contributed by atoms with Gasteiger partial charge < -0.3 is 4.52 Å². The molecule has 6 heteroatoms. The first-order valence-corrected chi connectivity index (χ1v) is 9.80.